The summed E-state index contributed by atoms with van der Waals surface area (Å²) in [6.45, 7) is 10.3. The van der Waals surface area contributed by atoms with Crippen LogP contribution in [0.1, 0.15) is 59.3 Å². The van der Waals surface area contributed by atoms with Gasteiger partial charge < -0.3 is 5.73 Å². The molecule has 2 nitrogen and oxygen atoms in total. The van der Waals surface area contributed by atoms with Crippen molar-refractivity contribution in [3.63, 3.8) is 0 Å². The summed E-state index contributed by atoms with van der Waals surface area (Å²) in [5, 5.41) is 0. The molecule has 0 spiro atoms. The van der Waals surface area contributed by atoms with E-state index in [0.29, 0.717) is 5.57 Å². The van der Waals surface area contributed by atoms with Crippen molar-refractivity contribution < 1.29 is 4.79 Å². The third-order valence-corrected chi connectivity index (χ3v) is 3.55. The molecule has 0 aliphatic heterocycles. The Balaban J connectivity index is 4.57. The standard InChI is InChI=1S/C13H25NO/c1-5-8-9-10-13(6-2,7-3)11(4)12(14)15/h4-10H2,1-3H3,(H2,14,15). The minimum absolute atomic E-state index is 0.0546. The second-order valence-corrected chi connectivity index (χ2v) is 4.29. The zero-order chi connectivity index (χ0) is 11.9. The van der Waals surface area contributed by atoms with E-state index in [4.69, 9.17) is 5.73 Å². The third kappa shape index (κ3) is 3.69. The van der Waals surface area contributed by atoms with E-state index in [1.807, 2.05) is 0 Å². The number of nitrogens with two attached hydrogens (primary N) is 1. The van der Waals surface area contributed by atoms with Gasteiger partial charge in [0.1, 0.15) is 0 Å². The van der Waals surface area contributed by atoms with Crippen LogP contribution in [0.5, 0.6) is 0 Å². The number of rotatable bonds is 8. The highest BCUT2D eigenvalue weighted by molar-refractivity contribution is 5.92. The summed E-state index contributed by atoms with van der Waals surface area (Å²) >= 11 is 0. The van der Waals surface area contributed by atoms with Gasteiger partial charge >= 0.3 is 0 Å². The van der Waals surface area contributed by atoms with E-state index in [1.165, 1.54) is 12.8 Å². The van der Waals surface area contributed by atoms with Crippen LogP contribution in [0, 0.1) is 5.41 Å². The Kier molecular flexibility index (Phi) is 6.30. The van der Waals surface area contributed by atoms with Crippen LogP contribution in [0.25, 0.3) is 0 Å². The molecule has 0 radical (unpaired) electrons. The first-order chi connectivity index (χ1) is 7.04. The van der Waals surface area contributed by atoms with Crippen LogP contribution in [0.4, 0.5) is 0 Å². The maximum absolute atomic E-state index is 11.2. The average molecular weight is 211 g/mol. The lowest BCUT2D eigenvalue weighted by molar-refractivity contribution is -0.115. The normalized spacial score (nSPS) is 11.4. The van der Waals surface area contributed by atoms with Crippen molar-refractivity contribution in [2.45, 2.75) is 59.3 Å². The highest BCUT2D eigenvalue weighted by Gasteiger charge is 2.31. The number of carbonyl (C=O) groups excluding carboxylic acids is 1. The summed E-state index contributed by atoms with van der Waals surface area (Å²) in [4.78, 5) is 11.2. The Morgan fingerprint density at radius 1 is 1.20 bits per heavy atom. The van der Waals surface area contributed by atoms with Gasteiger partial charge in [0.25, 0.3) is 0 Å². The average Bonchev–Trinajstić information content (AvgIpc) is 2.24. The predicted molar refractivity (Wildman–Crippen MR) is 65.5 cm³/mol. The molecule has 0 fully saturated rings. The van der Waals surface area contributed by atoms with Gasteiger partial charge in [0.05, 0.1) is 0 Å². The zero-order valence-electron chi connectivity index (χ0n) is 10.4. The number of unbranched alkanes of at least 4 members (excludes halogenated alkanes) is 2. The highest BCUT2D eigenvalue weighted by atomic mass is 16.1. The summed E-state index contributed by atoms with van der Waals surface area (Å²) in [5.74, 6) is -0.338. The first-order valence-electron chi connectivity index (χ1n) is 6.03. The van der Waals surface area contributed by atoms with Crippen LogP contribution >= 0.6 is 0 Å². The van der Waals surface area contributed by atoms with Crippen LogP contribution in [0.2, 0.25) is 0 Å². The third-order valence-electron chi connectivity index (χ3n) is 3.55. The molecule has 0 aromatic heterocycles. The lowest BCUT2D eigenvalue weighted by Crippen LogP contribution is -2.30. The molecular weight excluding hydrogens is 186 g/mol. The van der Waals surface area contributed by atoms with E-state index in [1.54, 1.807) is 0 Å². The lowest BCUT2D eigenvalue weighted by atomic mass is 9.72. The molecule has 0 atom stereocenters. The fourth-order valence-electron chi connectivity index (χ4n) is 2.16. The van der Waals surface area contributed by atoms with Crippen LogP contribution in [0.15, 0.2) is 12.2 Å². The number of hydrogen-bond donors (Lipinski definition) is 1. The van der Waals surface area contributed by atoms with Gasteiger partial charge in [0.15, 0.2) is 0 Å². The van der Waals surface area contributed by atoms with Gasteiger partial charge in [-0.3, -0.25) is 4.79 Å². The van der Waals surface area contributed by atoms with Gasteiger partial charge in [0.2, 0.25) is 5.91 Å². The molecular formula is C13H25NO. The van der Waals surface area contributed by atoms with Gasteiger partial charge in [-0.25, -0.2) is 0 Å². The SMILES string of the molecule is C=C(C(N)=O)C(CC)(CC)CCCCC. The van der Waals surface area contributed by atoms with Crippen molar-refractivity contribution >= 4 is 5.91 Å². The van der Waals surface area contributed by atoms with Crippen molar-refractivity contribution in [3.05, 3.63) is 12.2 Å². The van der Waals surface area contributed by atoms with Crippen molar-refractivity contribution in [3.8, 4) is 0 Å². The number of primary amides is 1. The summed E-state index contributed by atoms with van der Waals surface area (Å²) in [5.41, 5.74) is 5.90. The first kappa shape index (κ1) is 14.2. The summed E-state index contributed by atoms with van der Waals surface area (Å²) in [7, 11) is 0. The topological polar surface area (TPSA) is 43.1 Å². The Morgan fingerprint density at radius 3 is 2.07 bits per heavy atom. The molecule has 0 saturated carbocycles. The molecule has 0 aromatic rings. The zero-order valence-corrected chi connectivity index (χ0v) is 10.4. The van der Waals surface area contributed by atoms with Crippen LogP contribution in [0.3, 0.4) is 0 Å². The molecule has 88 valence electrons. The molecule has 2 heteroatoms. The first-order valence-corrected chi connectivity index (χ1v) is 6.03. The van der Waals surface area contributed by atoms with E-state index in [9.17, 15) is 4.79 Å². The highest BCUT2D eigenvalue weighted by Crippen LogP contribution is 2.39. The molecule has 0 rings (SSSR count). The van der Waals surface area contributed by atoms with E-state index >= 15 is 0 Å². The van der Waals surface area contributed by atoms with E-state index in [-0.39, 0.29) is 11.3 Å². The van der Waals surface area contributed by atoms with E-state index in [0.717, 1.165) is 25.7 Å². The number of amides is 1. The largest absolute Gasteiger partial charge is 0.366 e. The molecule has 15 heavy (non-hydrogen) atoms. The summed E-state index contributed by atoms with van der Waals surface area (Å²) in [6, 6.07) is 0. The second-order valence-electron chi connectivity index (χ2n) is 4.29. The minimum atomic E-state index is -0.338. The lowest BCUT2D eigenvalue weighted by Gasteiger charge is -2.32. The Morgan fingerprint density at radius 2 is 1.73 bits per heavy atom. The van der Waals surface area contributed by atoms with Gasteiger partial charge in [-0.15, -0.1) is 0 Å². The van der Waals surface area contributed by atoms with Gasteiger partial charge in [-0.05, 0) is 24.7 Å². The maximum atomic E-state index is 11.2. The smallest absolute Gasteiger partial charge is 0.244 e. The summed E-state index contributed by atoms with van der Waals surface area (Å²) in [6.07, 6.45) is 6.52. The van der Waals surface area contributed by atoms with Crippen molar-refractivity contribution in [2.75, 3.05) is 0 Å². The molecule has 0 aliphatic rings. The molecule has 0 saturated heterocycles. The molecule has 0 aromatic carbocycles. The van der Waals surface area contributed by atoms with Crippen molar-refractivity contribution in [2.24, 2.45) is 11.1 Å². The van der Waals surface area contributed by atoms with Crippen molar-refractivity contribution in [1.29, 1.82) is 0 Å². The van der Waals surface area contributed by atoms with Crippen molar-refractivity contribution in [1.82, 2.24) is 0 Å². The van der Waals surface area contributed by atoms with Crippen LogP contribution in [-0.2, 0) is 4.79 Å². The fourth-order valence-corrected chi connectivity index (χ4v) is 2.16. The number of carbonyl (C=O) groups is 1. The fraction of sp³-hybridized carbons (Fsp3) is 0.769. The van der Waals surface area contributed by atoms with Gasteiger partial charge in [-0.2, -0.15) is 0 Å². The maximum Gasteiger partial charge on any atom is 0.244 e. The predicted octanol–water partition coefficient (Wildman–Crippen LogP) is 3.41. The Hall–Kier alpha value is -0.790. The molecule has 0 heterocycles. The van der Waals surface area contributed by atoms with Crippen LogP contribution < -0.4 is 5.73 Å². The molecule has 2 N–H and O–H groups in total. The Bertz CT molecular complexity index is 217. The van der Waals surface area contributed by atoms with Gasteiger partial charge in [-0.1, -0.05) is 46.6 Å². The molecule has 0 unspecified atom stereocenters. The number of hydrogen-bond acceptors (Lipinski definition) is 1. The second kappa shape index (κ2) is 6.65. The Labute approximate surface area is 93.9 Å². The van der Waals surface area contributed by atoms with E-state index < -0.39 is 0 Å². The minimum Gasteiger partial charge on any atom is -0.366 e. The molecule has 1 amide bonds. The van der Waals surface area contributed by atoms with Gasteiger partial charge in [0, 0.05) is 5.57 Å². The summed E-state index contributed by atoms with van der Waals surface area (Å²) < 4.78 is 0. The molecule has 0 aliphatic carbocycles. The van der Waals surface area contributed by atoms with Crippen LogP contribution in [-0.4, -0.2) is 5.91 Å². The monoisotopic (exact) mass is 211 g/mol. The molecule has 0 bridgehead atoms. The van der Waals surface area contributed by atoms with E-state index in [2.05, 4.69) is 27.4 Å². The quantitative estimate of drug-likeness (QED) is 0.485.